The van der Waals surface area contributed by atoms with Crippen LogP contribution in [0.1, 0.15) is 12.0 Å². The fourth-order valence-electron chi connectivity index (χ4n) is 3.18. The van der Waals surface area contributed by atoms with E-state index < -0.39 is 6.10 Å². The number of aliphatic hydroxyl groups excluding tert-OH is 1. The highest BCUT2D eigenvalue weighted by atomic mass is 16.3. The Kier molecular flexibility index (Phi) is 5.01. The van der Waals surface area contributed by atoms with Crippen LogP contribution in [0.5, 0.6) is 0 Å². The number of carbonyl (C=O) groups is 2. The van der Waals surface area contributed by atoms with Crippen LogP contribution in [0.25, 0.3) is 0 Å². The molecule has 2 saturated heterocycles. The summed E-state index contributed by atoms with van der Waals surface area (Å²) in [4.78, 5) is 28.2. The van der Waals surface area contributed by atoms with Gasteiger partial charge in [0.2, 0.25) is 5.91 Å². The maximum absolute atomic E-state index is 12.4. The summed E-state index contributed by atoms with van der Waals surface area (Å²) in [5, 5.41) is 15.5. The number of aryl methyl sites for hydroxylation is 1. The fraction of sp³-hybridized carbons (Fsp3) is 0.529. The Bertz CT molecular complexity index is 614. The normalized spacial score (nSPS) is 24.1. The predicted octanol–water partition coefficient (Wildman–Crippen LogP) is 0.394. The van der Waals surface area contributed by atoms with Crippen molar-refractivity contribution < 1.29 is 14.7 Å². The van der Waals surface area contributed by atoms with Crippen molar-refractivity contribution in [3.8, 4) is 0 Å². The molecule has 7 nitrogen and oxygen atoms in total. The zero-order valence-corrected chi connectivity index (χ0v) is 13.9. The van der Waals surface area contributed by atoms with Crippen LogP contribution in [0.2, 0.25) is 0 Å². The Balaban J connectivity index is 1.49. The number of nitrogens with one attached hydrogen (secondary N) is 2. The topological polar surface area (TPSA) is 84.9 Å². The van der Waals surface area contributed by atoms with Gasteiger partial charge in [-0.1, -0.05) is 12.1 Å². The Labute approximate surface area is 141 Å². The van der Waals surface area contributed by atoms with Crippen LogP contribution >= 0.6 is 0 Å². The molecule has 2 fully saturated rings. The second-order valence-corrected chi connectivity index (χ2v) is 6.46. The van der Waals surface area contributed by atoms with Gasteiger partial charge in [0.15, 0.2) is 0 Å². The molecule has 1 aromatic rings. The monoisotopic (exact) mass is 332 g/mol. The van der Waals surface area contributed by atoms with Gasteiger partial charge in [-0.2, -0.15) is 0 Å². The van der Waals surface area contributed by atoms with E-state index in [2.05, 4.69) is 10.6 Å². The van der Waals surface area contributed by atoms with Crippen LogP contribution in [-0.4, -0.2) is 71.7 Å². The largest absolute Gasteiger partial charge is 0.392 e. The summed E-state index contributed by atoms with van der Waals surface area (Å²) in [6.07, 6.45) is 0.0210. The molecule has 2 aliphatic heterocycles. The Hall–Kier alpha value is -2.12. The van der Waals surface area contributed by atoms with Crippen LogP contribution in [-0.2, 0) is 4.79 Å². The van der Waals surface area contributed by atoms with Gasteiger partial charge < -0.3 is 25.5 Å². The van der Waals surface area contributed by atoms with Gasteiger partial charge in [-0.3, -0.25) is 4.79 Å². The Morgan fingerprint density at radius 2 is 1.92 bits per heavy atom. The van der Waals surface area contributed by atoms with Crippen molar-refractivity contribution >= 4 is 17.6 Å². The number of β-amino-alcohol motifs (C(OH)–C–C–N with tert-alkyl or cyclic N) is 1. The highest BCUT2D eigenvalue weighted by Gasteiger charge is 2.33. The molecule has 2 atom stereocenters. The van der Waals surface area contributed by atoms with Gasteiger partial charge in [0.25, 0.3) is 0 Å². The molecule has 2 aliphatic rings. The number of carbonyl (C=O) groups excluding carboxylic acids is 2. The second-order valence-electron chi connectivity index (χ2n) is 6.46. The molecule has 0 bridgehead atoms. The minimum atomic E-state index is -0.444. The number of benzene rings is 1. The molecule has 3 rings (SSSR count). The maximum atomic E-state index is 12.4. The molecular formula is C17H24N4O3. The summed E-state index contributed by atoms with van der Waals surface area (Å²) in [6, 6.07) is 7.24. The summed E-state index contributed by atoms with van der Waals surface area (Å²) < 4.78 is 0. The molecular weight excluding hydrogens is 308 g/mol. The second kappa shape index (κ2) is 7.19. The highest BCUT2D eigenvalue weighted by Crippen LogP contribution is 2.14. The van der Waals surface area contributed by atoms with Gasteiger partial charge in [-0.05, 0) is 31.0 Å². The average Bonchev–Trinajstić information content (AvgIpc) is 3.01. The fourth-order valence-corrected chi connectivity index (χ4v) is 3.18. The first kappa shape index (κ1) is 16.7. The van der Waals surface area contributed by atoms with Crippen molar-refractivity contribution in [1.82, 2.24) is 15.1 Å². The van der Waals surface area contributed by atoms with E-state index >= 15 is 0 Å². The third-order valence-electron chi connectivity index (χ3n) is 4.55. The minimum absolute atomic E-state index is 0.0188. The minimum Gasteiger partial charge on any atom is -0.392 e. The van der Waals surface area contributed by atoms with Crippen molar-refractivity contribution in [2.75, 3.05) is 38.0 Å². The first-order valence-corrected chi connectivity index (χ1v) is 8.36. The third-order valence-corrected chi connectivity index (χ3v) is 4.55. The molecule has 3 amide bonds. The Morgan fingerprint density at radius 3 is 2.54 bits per heavy atom. The molecule has 0 saturated carbocycles. The Morgan fingerprint density at radius 1 is 1.21 bits per heavy atom. The number of aliphatic hydroxyl groups is 1. The first-order valence-electron chi connectivity index (χ1n) is 8.36. The van der Waals surface area contributed by atoms with Gasteiger partial charge in [0.05, 0.1) is 12.1 Å². The molecule has 2 unspecified atom stereocenters. The lowest BCUT2D eigenvalue weighted by Gasteiger charge is -2.35. The molecule has 24 heavy (non-hydrogen) atoms. The molecule has 0 radical (unpaired) electrons. The zero-order chi connectivity index (χ0) is 17.1. The molecule has 2 heterocycles. The van der Waals surface area contributed by atoms with Crippen molar-refractivity contribution in [2.24, 2.45) is 0 Å². The number of anilines is 1. The maximum Gasteiger partial charge on any atom is 0.321 e. The van der Waals surface area contributed by atoms with Crippen molar-refractivity contribution in [3.05, 3.63) is 29.8 Å². The number of rotatable bonds is 2. The van der Waals surface area contributed by atoms with E-state index in [-0.39, 0.29) is 18.0 Å². The molecule has 130 valence electrons. The van der Waals surface area contributed by atoms with Gasteiger partial charge >= 0.3 is 6.03 Å². The van der Waals surface area contributed by atoms with Crippen molar-refractivity contribution in [3.63, 3.8) is 0 Å². The quantitative estimate of drug-likeness (QED) is 0.732. The lowest BCUT2D eigenvalue weighted by Crippen LogP contribution is -2.54. The van der Waals surface area contributed by atoms with Gasteiger partial charge in [0, 0.05) is 38.4 Å². The average molecular weight is 332 g/mol. The molecule has 0 spiro atoms. The standard InChI is InChI=1S/C17H24N4O3/c1-12-3-2-4-13(9-12)19-17(24)21-7-5-20(6-8-21)16(23)15-10-14(22)11-18-15/h2-4,9,14-15,18,22H,5-8,10-11H2,1H3,(H,19,24). The van der Waals surface area contributed by atoms with Gasteiger partial charge in [-0.15, -0.1) is 0 Å². The van der Waals surface area contributed by atoms with E-state index in [4.69, 9.17) is 0 Å². The third kappa shape index (κ3) is 3.85. The predicted molar refractivity (Wildman–Crippen MR) is 90.8 cm³/mol. The van der Waals surface area contributed by atoms with E-state index in [9.17, 15) is 14.7 Å². The van der Waals surface area contributed by atoms with Crippen LogP contribution in [0, 0.1) is 6.92 Å². The number of piperazine rings is 1. The van der Waals surface area contributed by atoms with E-state index in [1.165, 1.54) is 0 Å². The van der Waals surface area contributed by atoms with E-state index in [0.717, 1.165) is 11.3 Å². The van der Waals surface area contributed by atoms with E-state index in [1.807, 2.05) is 31.2 Å². The molecule has 1 aromatic carbocycles. The SMILES string of the molecule is Cc1cccc(NC(=O)N2CCN(C(=O)C3CC(O)CN3)CC2)c1. The summed E-state index contributed by atoms with van der Waals surface area (Å²) in [7, 11) is 0. The zero-order valence-electron chi connectivity index (χ0n) is 13.9. The number of nitrogens with zero attached hydrogens (tertiary/aromatic N) is 2. The highest BCUT2D eigenvalue weighted by molar-refractivity contribution is 5.89. The van der Waals surface area contributed by atoms with Crippen LogP contribution < -0.4 is 10.6 Å². The molecule has 0 aliphatic carbocycles. The van der Waals surface area contributed by atoms with Crippen molar-refractivity contribution in [1.29, 1.82) is 0 Å². The van der Waals surface area contributed by atoms with Gasteiger partial charge in [-0.25, -0.2) is 4.79 Å². The number of hydrogen-bond donors (Lipinski definition) is 3. The van der Waals surface area contributed by atoms with E-state index in [0.29, 0.717) is 39.1 Å². The lowest BCUT2D eigenvalue weighted by molar-refractivity contribution is -0.134. The van der Waals surface area contributed by atoms with Crippen LogP contribution in [0.15, 0.2) is 24.3 Å². The summed E-state index contributed by atoms with van der Waals surface area (Å²) in [5.74, 6) is 0.0188. The van der Waals surface area contributed by atoms with Crippen LogP contribution in [0.3, 0.4) is 0 Å². The van der Waals surface area contributed by atoms with Gasteiger partial charge in [0.1, 0.15) is 0 Å². The molecule has 0 aromatic heterocycles. The number of hydrogen-bond acceptors (Lipinski definition) is 4. The number of urea groups is 1. The smallest absolute Gasteiger partial charge is 0.321 e. The van der Waals surface area contributed by atoms with E-state index in [1.54, 1.807) is 9.80 Å². The molecule has 3 N–H and O–H groups in total. The number of amides is 3. The summed E-state index contributed by atoms with van der Waals surface area (Å²) in [5.41, 5.74) is 1.87. The summed E-state index contributed by atoms with van der Waals surface area (Å²) in [6.45, 7) is 4.52. The van der Waals surface area contributed by atoms with Crippen molar-refractivity contribution in [2.45, 2.75) is 25.5 Å². The first-order chi connectivity index (χ1) is 11.5. The lowest BCUT2D eigenvalue weighted by atomic mass is 10.1. The van der Waals surface area contributed by atoms with Crippen LogP contribution in [0.4, 0.5) is 10.5 Å². The molecule has 7 heteroatoms. The summed E-state index contributed by atoms with van der Waals surface area (Å²) >= 11 is 0.